The average Bonchev–Trinajstić information content (AvgIpc) is 2.74. The number of hydrogen-bond acceptors (Lipinski definition) is 4. The summed E-state index contributed by atoms with van der Waals surface area (Å²) in [6.07, 6.45) is -0.580. The maximum atomic E-state index is 12.9. The van der Waals surface area contributed by atoms with Gasteiger partial charge < -0.3 is 20.6 Å². The number of amides is 3. The Hall–Kier alpha value is -2.58. The maximum Gasteiger partial charge on any atom is 0.319 e. The molecule has 0 bridgehead atoms. The van der Waals surface area contributed by atoms with Crippen LogP contribution < -0.4 is 10.6 Å². The Bertz CT molecular complexity index is 824. The molecular formula is C21H24FN3O3S. The fourth-order valence-corrected chi connectivity index (χ4v) is 3.88. The quantitative estimate of drug-likeness (QED) is 0.675. The zero-order chi connectivity index (χ0) is 20.6. The van der Waals surface area contributed by atoms with Crippen LogP contribution in [0.4, 0.5) is 14.9 Å². The van der Waals surface area contributed by atoms with E-state index in [1.165, 1.54) is 24.3 Å². The molecule has 6 nitrogen and oxygen atoms in total. The van der Waals surface area contributed by atoms with Crippen LogP contribution in [-0.4, -0.2) is 53.1 Å². The fraction of sp³-hybridized carbons (Fsp3) is 0.333. The lowest BCUT2D eigenvalue weighted by atomic mass is 10.1. The smallest absolute Gasteiger partial charge is 0.319 e. The molecule has 8 heteroatoms. The zero-order valence-electron chi connectivity index (χ0n) is 15.9. The summed E-state index contributed by atoms with van der Waals surface area (Å²) in [7, 11) is 0. The maximum absolute atomic E-state index is 12.9. The van der Waals surface area contributed by atoms with Crippen molar-refractivity contribution < 1.29 is 19.1 Å². The van der Waals surface area contributed by atoms with Gasteiger partial charge in [-0.2, -0.15) is 11.8 Å². The molecule has 1 unspecified atom stereocenters. The van der Waals surface area contributed by atoms with E-state index in [4.69, 9.17) is 0 Å². The Morgan fingerprint density at radius 1 is 1.07 bits per heavy atom. The lowest BCUT2D eigenvalue weighted by molar-refractivity contribution is -0.130. The Balaban J connectivity index is 1.44. The van der Waals surface area contributed by atoms with Crippen molar-refractivity contribution in [1.29, 1.82) is 0 Å². The largest absolute Gasteiger partial charge is 0.387 e. The van der Waals surface area contributed by atoms with Crippen LogP contribution in [0, 0.1) is 5.82 Å². The van der Waals surface area contributed by atoms with E-state index in [-0.39, 0.29) is 18.3 Å². The first kappa shape index (κ1) is 21.1. The van der Waals surface area contributed by atoms with Gasteiger partial charge in [-0.3, -0.25) is 4.79 Å². The van der Waals surface area contributed by atoms with Crippen LogP contribution in [0.2, 0.25) is 0 Å². The number of urea groups is 1. The Morgan fingerprint density at radius 3 is 2.38 bits per heavy atom. The van der Waals surface area contributed by atoms with Crippen molar-refractivity contribution in [2.24, 2.45) is 0 Å². The number of benzene rings is 2. The van der Waals surface area contributed by atoms with Crippen LogP contribution in [0.1, 0.15) is 17.2 Å². The SMILES string of the molecule is O=C(NCC(O)c1ccc(F)cc1)Nc1ccc(CC(=O)N2CCSCC2)cc1. The Kier molecular flexibility index (Phi) is 7.48. The van der Waals surface area contributed by atoms with E-state index < -0.39 is 12.1 Å². The minimum absolute atomic E-state index is 0.00181. The second-order valence-electron chi connectivity index (χ2n) is 6.77. The molecule has 3 rings (SSSR count). The molecule has 2 aromatic carbocycles. The lowest BCUT2D eigenvalue weighted by Gasteiger charge is -2.26. The highest BCUT2D eigenvalue weighted by atomic mass is 32.2. The van der Waals surface area contributed by atoms with Crippen molar-refractivity contribution in [2.45, 2.75) is 12.5 Å². The number of rotatable bonds is 6. The molecule has 0 aliphatic carbocycles. The van der Waals surface area contributed by atoms with Crippen LogP contribution >= 0.6 is 11.8 Å². The molecule has 1 aliphatic heterocycles. The summed E-state index contributed by atoms with van der Waals surface area (Å²) < 4.78 is 12.9. The number of nitrogens with zero attached hydrogens (tertiary/aromatic N) is 1. The first-order chi connectivity index (χ1) is 14.0. The molecule has 0 aromatic heterocycles. The molecule has 1 saturated heterocycles. The molecule has 1 fully saturated rings. The molecule has 29 heavy (non-hydrogen) atoms. The minimum atomic E-state index is -0.928. The highest BCUT2D eigenvalue weighted by molar-refractivity contribution is 7.99. The lowest BCUT2D eigenvalue weighted by Crippen LogP contribution is -2.38. The summed E-state index contributed by atoms with van der Waals surface area (Å²) in [6.45, 7) is 1.60. The number of carbonyl (C=O) groups is 2. The van der Waals surface area contributed by atoms with E-state index in [0.717, 1.165) is 30.2 Å². The number of halogens is 1. The van der Waals surface area contributed by atoms with E-state index in [1.54, 1.807) is 12.1 Å². The highest BCUT2D eigenvalue weighted by Gasteiger charge is 2.17. The van der Waals surface area contributed by atoms with E-state index in [0.29, 0.717) is 17.7 Å². The van der Waals surface area contributed by atoms with Gasteiger partial charge >= 0.3 is 6.03 Å². The van der Waals surface area contributed by atoms with Crippen LogP contribution in [0.3, 0.4) is 0 Å². The monoisotopic (exact) mass is 417 g/mol. The number of nitrogens with one attached hydrogen (secondary N) is 2. The zero-order valence-corrected chi connectivity index (χ0v) is 16.8. The predicted molar refractivity (Wildman–Crippen MR) is 112 cm³/mol. The van der Waals surface area contributed by atoms with E-state index in [1.807, 2.05) is 28.8 Å². The number of aliphatic hydroxyl groups is 1. The van der Waals surface area contributed by atoms with Crippen molar-refractivity contribution in [3.8, 4) is 0 Å². The van der Waals surface area contributed by atoms with Gasteiger partial charge in [0.2, 0.25) is 5.91 Å². The number of anilines is 1. The molecule has 1 heterocycles. The molecule has 2 aromatic rings. The van der Waals surface area contributed by atoms with Gasteiger partial charge in [-0.15, -0.1) is 0 Å². The van der Waals surface area contributed by atoms with Crippen LogP contribution in [0.5, 0.6) is 0 Å². The van der Waals surface area contributed by atoms with E-state index >= 15 is 0 Å². The van der Waals surface area contributed by atoms with Gasteiger partial charge in [0.1, 0.15) is 5.82 Å². The summed E-state index contributed by atoms with van der Waals surface area (Å²) in [6, 6.07) is 12.1. The Labute approximate surface area is 173 Å². The third-order valence-corrected chi connectivity index (χ3v) is 5.58. The van der Waals surface area contributed by atoms with Gasteiger partial charge in [0.05, 0.1) is 12.5 Å². The number of aliphatic hydroxyl groups excluding tert-OH is 1. The topological polar surface area (TPSA) is 81.7 Å². The van der Waals surface area contributed by atoms with Gasteiger partial charge in [-0.1, -0.05) is 24.3 Å². The third-order valence-electron chi connectivity index (χ3n) is 4.64. The average molecular weight is 418 g/mol. The normalized spacial score (nSPS) is 14.9. The fourth-order valence-electron chi connectivity index (χ4n) is 2.97. The third kappa shape index (κ3) is 6.47. The molecule has 0 radical (unpaired) electrons. The van der Waals surface area contributed by atoms with Gasteiger partial charge in [0.25, 0.3) is 0 Å². The molecule has 0 saturated carbocycles. The van der Waals surface area contributed by atoms with Crippen molar-refractivity contribution >= 4 is 29.4 Å². The van der Waals surface area contributed by atoms with Crippen molar-refractivity contribution in [3.05, 3.63) is 65.5 Å². The number of thioether (sulfide) groups is 1. The molecule has 3 amide bonds. The van der Waals surface area contributed by atoms with Crippen LogP contribution in [0.25, 0.3) is 0 Å². The summed E-state index contributed by atoms with van der Waals surface area (Å²) in [5, 5.41) is 15.3. The molecule has 154 valence electrons. The van der Waals surface area contributed by atoms with Crippen molar-refractivity contribution in [3.63, 3.8) is 0 Å². The van der Waals surface area contributed by atoms with E-state index in [9.17, 15) is 19.1 Å². The van der Waals surface area contributed by atoms with E-state index in [2.05, 4.69) is 10.6 Å². The first-order valence-corrected chi connectivity index (χ1v) is 10.6. The first-order valence-electron chi connectivity index (χ1n) is 9.44. The molecule has 3 N–H and O–H groups in total. The van der Waals surface area contributed by atoms with Gasteiger partial charge in [-0.05, 0) is 35.4 Å². The van der Waals surface area contributed by atoms with Gasteiger partial charge in [0.15, 0.2) is 0 Å². The predicted octanol–water partition coefficient (Wildman–Crippen LogP) is 2.80. The Morgan fingerprint density at radius 2 is 1.72 bits per heavy atom. The van der Waals surface area contributed by atoms with Crippen molar-refractivity contribution in [2.75, 3.05) is 36.5 Å². The van der Waals surface area contributed by atoms with Gasteiger partial charge in [-0.25, -0.2) is 9.18 Å². The standard InChI is InChI=1S/C21H24FN3O3S/c22-17-5-3-16(4-6-17)19(26)14-23-21(28)24-18-7-1-15(2-8-18)13-20(27)25-9-11-29-12-10-25/h1-8,19,26H,9-14H2,(H2,23,24,28). The molecule has 0 spiro atoms. The minimum Gasteiger partial charge on any atom is -0.387 e. The van der Waals surface area contributed by atoms with Crippen LogP contribution in [0.15, 0.2) is 48.5 Å². The highest BCUT2D eigenvalue weighted by Crippen LogP contribution is 2.15. The number of carbonyl (C=O) groups excluding carboxylic acids is 2. The second-order valence-corrected chi connectivity index (χ2v) is 7.99. The summed E-state index contributed by atoms with van der Waals surface area (Å²) >= 11 is 1.86. The summed E-state index contributed by atoms with van der Waals surface area (Å²) in [4.78, 5) is 26.2. The van der Waals surface area contributed by atoms with Gasteiger partial charge in [0, 0.05) is 36.8 Å². The van der Waals surface area contributed by atoms with Crippen molar-refractivity contribution in [1.82, 2.24) is 10.2 Å². The van der Waals surface area contributed by atoms with Crippen LogP contribution in [-0.2, 0) is 11.2 Å². The summed E-state index contributed by atoms with van der Waals surface area (Å²) in [5.41, 5.74) is 2.00. The molecule has 1 aliphatic rings. The second kappa shape index (κ2) is 10.3. The number of hydrogen-bond donors (Lipinski definition) is 3. The summed E-state index contributed by atoms with van der Waals surface area (Å²) in [5.74, 6) is 1.71. The molecular weight excluding hydrogens is 393 g/mol. The molecule has 1 atom stereocenters.